The maximum absolute atomic E-state index is 15.5. The monoisotopic (exact) mass is 1050 g/mol. The molecule has 2 heterocycles. The number of amides is 5. The number of aliphatic hydroxyl groups is 1. The van der Waals surface area contributed by atoms with Crippen LogP contribution in [0.2, 0.25) is 0 Å². The summed E-state index contributed by atoms with van der Waals surface area (Å²) >= 11 is 0. The van der Waals surface area contributed by atoms with Gasteiger partial charge in [-0.3, -0.25) is 19.2 Å². The van der Waals surface area contributed by atoms with Gasteiger partial charge in [-0.25, -0.2) is 27.6 Å². The van der Waals surface area contributed by atoms with Crippen LogP contribution in [0.25, 0.3) is 0 Å². The van der Waals surface area contributed by atoms with Crippen molar-refractivity contribution in [2.24, 2.45) is 11.1 Å². The van der Waals surface area contributed by atoms with Crippen LogP contribution in [0.3, 0.4) is 0 Å². The van der Waals surface area contributed by atoms with Crippen LogP contribution in [0.5, 0.6) is 0 Å². The van der Waals surface area contributed by atoms with Crippen LogP contribution in [0, 0.1) is 17.0 Å². The van der Waals surface area contributed by atoms with Crippen molar-refractivity contribution in [3.05, 3.63) is 95.0 Å². The van der Waals surface area contributed by atoms with Crippen molar-refractivity contribution in [3.63, 3.8) is 0 Å². The topological polar surface area (TPSA) is 236 Å². The third-order valence-electron chi connectivity index (χ3n) is 12.2. The summed E-state index contributed by atoms with van der Waals surface area (Å²) in [4.78, 5) is 98.5. The smallest absolute Gasteiger partial charge is 0.408 e. The maximum atomic E-state index is 15.5. The van der Waals surface area contributed by atoms with Crippen LogP contribution in [-0.2, 0) is 49.5 Å². The SMILES string of the molecule is CC(C)(C)OC(=O)CC[C@@H](NC(=O)CC[N+]1(C)C=C([C@H](CC(N)=O)NC(=O)OC(C)(C)C)N[C@@H](CCN(C(=O)CO)[C@@H](C2=CC(c3cc(F)ccc3F)CN2Cc2ccccc2)C(C)(C)C)C1=O)C(=O)OC(C)(C)C. The minimum absolute atomic E-state index is 0.121. The highest BCUT2D eigenvalue weighted by Gasteiger charge is 2.46. The molecule has 0 bridgehead atoms. The molecule has 6 atom stereocenters. The molecule has 2 aliphatic heterocycles. The lowest BCUT2D eigenvalue weighted by Crippen LogP contribution is -2.62. The number of carbonyl (C=O) groups is 7. The summed E-state index contributed by atoms with van der Waals surface area (Å²) in [5, 5.41) is 19.1. The molecule has 414 valence electrons. The second kappa shape index (κ2) is 25.0. The van der Waals surface area contributed by atoms with E-state index in [1.54, 1.807) is 62.3 Å². The summed E-state index contributed by atoms with van der Waals surface area (Å²) in [5.41, 5.74) is 4.07. The summed E-state index contributed by atoms with van der Waals surface area (Å²) in [6, 6.07) is 8.31. The molecular weight excluding hydrogens is 973 g/mol. The first-order chi connectivity index (χ1) is 34.6. The van der Waals surface area contributed by atoms with Gasteiger partial charge in [-0.1, -0.05) is 57.2 Å². The summed E-state index contributed by atoms with van der Waals surface area (Å²) in [5.74, 6) is -5.89. The molecule has 0 saturated heterocycles. The van der Waals surface area contributed by atoms with Gasteiger partial charge in [-0.2, -0.15) is 0 Å². The van der Waals surface area contributed by atoms with Gasteiger partial charge in [0.2, 0.25) is 17.7 Å². The van der Waals surface area contributed by atoms with Gasteiger partial charge >= 0.3 is 23.9 Å². The first-order valence-electron chi connectivity index (χ1n) is 25.3. The molecule has 5 amide bonds. The average molecular weight is 1050 g/mol. The average Bonchev–Trinajstić information content (AvgIpc) is 3.67. The van der Waals surface area contributed by atoms with Crippen molar-refractivity contribution in [2.45, 2.75) is 169 Å². The van der Waals surface area contributed by atoms with Gasteiger partial charge in [-0.15, -0.1) is 0 Å². The van der Waals surface area contributed by atoms with E-state index in [1.807, 2.05) is 62.1 Å². The second-order valence-electron chi connectivity index (χ2n) is 23.5. The number of nitrogens with two attached hydrogens (primary N) is 1. The van der Waals surface area contributed by atoms with Crippen molar-refractivity contribution < 1.29 is 66.1 Å². The number of hydrogen-bond acceptors (Lipinski definition) is 13. The quantitative estimate of drug-likeness (QED) is 0.0552. The number of ether oxygens (including phenoxy) is 3. The summed E-state index contributed by atoms with van der Waals surface area (Å²) < 4.78 is 46.1. The minimum atomic E-state index is -1.27. The number of alkyl carbamates (subject to hydrolysis) is 1. The molecular formula is C55H80F2N7O11+. The Kier molecular flexibility index (Phi) is 20.3. The largest absolute Gasteiger partial charge is 0.460 e. The fourth-order valence-corrected chi connectivity index (χ4v) is 9.10. The van der Waals surface area contributed by atoms with E-state index in [0.29, 0.717) is 12.2 Å². The van der Waals surface area contributed by atoms with E-state index in [4.69, 9.17) is 19.9 Å². The lowest BCUT2D eigenvalue weighted by Gasteiger charge is -2.44. The molecule has 2 aliphatic rings. The van der Waals surface area contributed by atoms with Gasteiger partial charge in [0.15, 0.2) is 0 Å². The Morgan fingerprint density at radius 1 is 0.880 bits per heavy atom. The first kappa shape index (κ1) is 61.1. The van der Waals surface area contributed by atoms with E-state index < -0.39 is 123 Å². The molecule has 0 aliphatic carbocycles. The number of rotatable bonds is 21. The number of likely N-dealkylation sites (N-methyl/N-ethyl adjacent to an activating group) is 1. The lowest BCUT2D eigenvalue weighted by molar-refractivity contribution is -0.784. The van der Waals surface area contributed by atoms with Crippen molar-refractivity contribution in [3.8, 4) is 0 Å². The van der Waals surface area contributed by atoms with Crippen LogP contribution in [0.1, 0.15) is 132 Å². The van der Waals surface area contributed by atoms with Gasteiger partial charge in [-0.05, 0) is 110 Å². The minimum Gasteiger partial charge on any atom is -0.460 e. The number of halogens is 2. The summed E-state index contributed by atoms with van der Waals surface area (Å²) in [6.45, 7) is 20.0. The van der Waals surface area contributed by atoms with Gasteiger partial charge in [0.1, 0.15) is 53.3 Å². The Morgan fingerprint density at radius 2 is 1.51 bits per heavy atom. The fourth-order valence-electron chi connectivity index (χ4n) is 9.10. The van der Waals surface area contributed by atoms with Crippen molar-refractivity contribution in [2.75, 3.05) is 33.3 Å². The maximum Gasteiger partial charge on any atom is 0.408 e. The van der Waals surface area contributed by atoms with Gasteiger partial charge < -0.3 is 50.8 Å². The van der Waals surface area contributed by atoms with E-state index in [0.717, 1.165) is 23.8 Å². The molecule has 0 radical (unpaired) electrons. The Labute approximate surface area is 440 Å². The molecule has 0 fully saturated rings. The molecule has 18 nitrogen and oxygen atoms in total. The number of nitrogens with zero attached hydrogens (tertiary/aromatic N) is 3. The van der Waals surface area contributed by atoms with E-state index in [1.165, 1.54) is 18.1 Å². The van der Waals surface area contributed by atoms with Crippen LogP contribution in [-0.4, -0.2) is 135 Å². The zero-order chi connectivity index (χ0) is 56.4. The van der Waals surface area contributed by atoms with Crippen LogP contribution in [0.4, 0.5) is 13.6 Å². The van der Waals surface area contributed by atoms with Crippen molar-refractivity contribution in [1.82, 2.24) is 25.8 Å². The molecule has 2 aromatic rings. The number of quaternary nitrogens is 1. The highest BCUT2D eigenvalue weighted by molar-refractivity contribution is 5.86. The highest BCUT2D eigenvalue weighted by Crippen LogP contribution is 2.40. The molecule has 2 unspecified atom stereocenters. The van der Waals surface area contributed by atoms with Crippen LogP contribution in [0.15, 0.2) is 72.2 Å². The second-order valence-corrected chi connectivity index (χ2v) is 23.5. The Morgan fingerprint density at radius 3 is 2.08 bits per heavy atom. The van der Waals surface area contributed by atoms with Crippen LogP contribution < -0.4 is 21.7 Å². The Balaban J connectivity index is 1.76. The van der Waals surface area contributed by atoms with E-state index in [2.05, 4.69) is 16.0 Å². The number of benzene rings is 2. The standard InChI is InChI=1S/C55H79F2N7O11/c1-52(2,3)48(43-27-35(37-28-36(56)19-20-38(37)57)31-62(43)30-34-17-15-14-16-18-34)63(46(68)33-65)25-23-39-49(70)64(13,32-42(59-39)41(29-44(58)66)61-51(72)75-55(10,11)12)26-24-45(67)60-40(50(71)74-54(7,8)9)21-22-47(69)73-53(4,5)6/h14-20,27-28,32,35,39-41,48,59,65H,21-26,29-31,33H2,1-13H3,(H3-,58,60,61,66,67,72)/p+1/t35?,39-,40+,41-,48-,64?/m0/s1. The Bertz CT molecular complexity index is 2460. The lowest BCUT2D eigenvalue weighted by atomic mass is 9.82. The third kappa shape index (κ3) is 18.7. The van der Waals surface area contributed by atoms with Gasteiger partial charge in [0.25, 0.3) is 0 Å². The normalized spacial score (nSPS) is 19.4. The Hall–Kier alpha value is -6.41. The van der Waals surface area contributed by atoms with E-state index in [9.17, 15) is 43.1 Å². The van der Waals surface area contributed by atoms with Crippen LogP contribution >= 0.6 is 0 Å². The number of carbonyl (C=O) groups excluding carboxylic acids is 7. The van der Waals surface area contributed by atoms with Gasteiger partial charge in [0.05, 0.1) is 44.2 Å². The zero-order valence-electron chi connectivity index (χ0n) is 45.9. The predicted octanol–water partition coefficient (Wildman–Crippen LogP) is 5.97. The zero-order valence-corrected chi connectivity index (χ0v) is 45.9. The number of esters is 2. The molecule has 0 saturated carbocycles. The first-order valence-corrected chi connectivity index (χ1v) is 25.3. The molecule has 4 rings (SSSR count). The molecule has 2 aromatic carbocycles. The fraction of sp³-hybridized carbons (Fsp3) is 0.582. The van der Waals surface area contributed by atoms with Crippen molar-refractivity contribution >= 4 is 41.7 Å². The predicted molar refractivity (Wildman–Crippen MR) is 276 cm³/mol. The van der Waals surface area contributed by atoms with E-state index >= 15 is 4.39 Å². The number of primary amides is 1. The van der Waals surface area contributed by atoms with E-state index in [-0.39, 0.29) is 56.6 Å². The highest BCUT2D eigenvalue weighted by atomic mass is 19.1. The van der Waals surface area contributed by atoms with Gasteiger partial charge in [0, 0.05) is 37.7 Å². The summed E-state index contributed by atoms with van der Waals surface area (Å²) in [7, 11) is 1.52. The summed E-state index contributed by atoms with van der Waals surface area (Å²) in [6.07, 6.45) is 1.08. The molecule has 75 heavy (non-hydrogen) atoms. The number of nitrogens with one attached hydrogen (secondary N) is 3. The third-order valence-corrected chi connectivity index (χ3v) is 12.2. The molecule has 20 heteroatoms. The molecule has 0 aromatic heterocycles. The number of hydrogen-bond donors (Lipinski definition) is 5. The molecule has 6 N–H and O–H groups in total. The van der Waals surface area contributed by atoms with Crippen molar-refractivity contribution in [1.29, 1.82) is 0 Å². The number of aliphatic hydroxyl groups excluding tert-OH is 1. The molecule has 0 spiro atoms.